The maximum atomic E-state index is 11.4. The predicted octanol–water partition coefficient (Wildman–Crippen LogP) is 2.32. The Morgan fingerprint density at radius 2 is 2.10 bits per heavy atom. The van der Waals surface area contributed by atoms with Gasteiger partial charge in [0.25, 0.3) is 0 Å². The molecule has 2 rings (SSSR count). The summed E-state index contributed by atoms with van der Waals surface area (Å²) >= 11 is 1.71. The first-order valence-electron chi connectivity index (χ1n) is 6.22. The van der Waals surface area contributed by atoms with E-state index in [0.717, 1.165) is 6.54 Å². The lowest BCUT2D eigenvalue weighted by molar-refractivity contribution is 0.313. The van der Waals surface area contributed by atoms with Crippen LogP contribution in [0.15, 0.2) is 46.7 Å². The van der Waals surface area contributed by atoms with Crippen LogP contribution in [0.5, 0.6) is 5.75 Å². The number of thiophene rings is 1. The summed E-state index contributed by atoms with van der Waals surface area (Å²) in [5, 5.41) is 5.32. The van der Waals surface area contributed by atoms with Crippen molar-refractivity contribution in [2.75, 3.05) is 19.4 Å². The minimum Gasteiger partial charge on any atom is -0.492 e. The second-order valence-corrected chi connectivity index (χ2v) is 7.40. The molecule has 0 aliphatic rings. The van der Waals surface area contributed by atoms with Gasteiger partial charge in [0.15, 0.2) is 9.84 Å². The van der Waals surface area contributed by atoms with Crippen molar-refractivity contribution >= 4 is 21.2 Å². The summed E-state index contributed by atoms with van der Waals surface area (Å²) in [6, 6.07) is 10.7. The lowest BCUT2D eigenvalue weighted by atomic mass is 10.3. The summed E-state index contributed by atoms with van der Waals surface area (Å²) in [6.45, 7) is 2.03. The fraction of sp³-hybridized carbons (Fsp3) is 0.286. The van der Waals surface area contributed by atoms with Crippen molar-refractivity contribution in [3.63, 3.8) is 0 Å². The highest BCUT2D eigenvalue weighted by Gasteiger charge is 2.07. The summed E-state index contributed by atoms with van der Waals surface area (Å²) in [7, 11) is -3.18. The van der Waals surface area contributed by atoms with Gasteiger partial charge >= 0.3 is 0 Å². The number of hydrogen-bond donors (Lipinski definition) is 1. The zero-order valence-electron chi connectivity index (χ0n) is 11.2. The van der Waals surface area contributed by atoms with Gasteiger partial charge in [0.1, 0.15) is 12.4 Å². The second kappa shape index (κ2) is 6.88. The molecule has 0 spiro atoms. The molecule has 0 radical (unpaired) electrons. The van der Waals surface area contributed by atoms with Crippen molar-refractivity contribution in [3.8, 4) is 5.75 Å². The molecule has 0 aliphatic heterocycles. The van der Waals surface area contributed by atoms with E-state index >= 15 is 0 Å². The van der Waals surface area contributed by atoms with Gasteiger partial charge in [-0.25, -0.2) is 8.42 Å². The molecule has 4 nitrogen and oxygen atoms in total. The van der Waals surface area contributed by atoms with Crippen LogP contribution in [0.25, 0.3) is 0 Å². The third kappa shape index (κ3) is 4.63. The standard InChI is InChI=1S/C14H17NO3S2/c1-20(16,17)14-6-2-4-12(10-14)18-8-7-15-11-13-5-3-9-19-13/h2-6,9-10,15H,7-8,11H2,1H3. The number of sulfone groups is 1. The summed E-state index contributed by atoms with van der Waals surface area (Å²) in [6.07, 6.45) is 1.19. The van der Waals surface area contributed by atoms with E-state index in [-0.39, 0.29) is 4.90 Å². The molecule has 20 heavy (non-hydrogen) atoms. The molecule has 0 fully saturated rings. The zero-order chi connectivity index (χ0) is 14.4. The Balaban J connectivity index is 1.77. The highest BCUT2D eigenvalue weighted by atomic mass is 32.2. The fourth-order valence-electron chi connectivity index (χ4n) is 1.66. The third-order valence-electron chi connectivity index (χ3n) is 2.66. The Morgan fingerprint density at radius 1 is 1.25 bits per heavy atom. The third-order valence-corrected chi connectivity index (χ3v) is 4.65. The minimum absolute atomic E-state index is 0.279. The van der Waals surface area contributed by atoms with Crippen LogP contribution < -0.4 is 10.1 Å². The van der Waals surface area contributed by atoms with Gasteiger partial charge in [-0.05, 0) is 29.6 Å². The lowest BCUT2D eigenvalue weighted by Crippen LogP contribution is -2.20. The van der Waals surface area contributed by atoms with E-state index in [1.807, 2.05) is 11.4 Å². The van der Waals surface area contributed by atoms with Crippen molar-refractivity contribution in [1.29, 1.82) is 0 Å². The van der Waals surface area contributed by atoms with Gasteiger partial charge < -0.3 is 10.1 Å². The van der Waals surface area contributed by atoms with Gasteiger partial charge in [-0.15, -0.1) is 11.3 Å². The van der Waals surface area contributed by atoms with Crippen LogP contribution >= 0.6 is 11.3 Å². The Labute approximate surface area is 123 Å². The largest absolute Gasteiger partial charge is 0.492 e. The van der Waals surface area contributed by atoms with E-state index < -0.39 is 9.84 Å². The van der Waals surface area contributed by atoms with Crippen molar-refractivity contribution in [2.45, 2.75) is 11.4 Å². The van der Waals surface area contributed by atoms with Gasteiger partial charge in [-0.3, -0.25) is 0 Å². The summed E-state index contributed by atoms with van der Waals surface area (Å²) in [5.41, 5.74) is 0. The molecule has 1 aromatic heterocycles. The SMILES string of the molecule is CS(=O)(=O)c1cccc(OCCNCc2cccs2)c1. The van der Waals surface area contributed by atoms with Gasteiger partial charge in [0.2, 0.25) is 0 Å². The molecule has 1 aromatic carbocycles. The topological polar surface area (TPSA) is 55.4 Å². The molecule has 0 atom stereocenters. The van der Waals surface area contributed by atoms with E-state index in [4.69, 9.17) is 4.74 Å². The van der Waals surface area contributed by atoms with Crippen molar-refractivity contribution < 1.29 is 13.2 Å². The normalized spacial score (nSPS) is 11.4. The van der Waals surface area contributed by atoms with E-state index in [9.17, 15) is 8.42 Å². The van der Waals surface area contributed by atoms with E-state index in [2.05, 4.69) is 11.4 Å². The van der Waals surface area contributed by atoms with Crippen molar-refractivity contribution in [3.05, 3.63) is 46.7 Å². The first-order valence-corrected chi connectivity index (χ1v) is 8.99. The molecular weight excluding hydrogens is 294 g/mol. The van der Waals surface area contributed by atoms with Gasteiger partial charge in [-0.1, -0.05) is 12.1 Å². The van der Waals surface area contributed by atoms with Crippen molar-refractivity contribution in [1.82, 2.24) is 5.32 Å². The maximum absolute atomic E-state index is 11.4. The van der Waals surface area contributed by atoms with Crippen LogP contribution in [-0.4, -0.2) is 27.8 Å². The number of hydrogen-bond acceptors (Lipinski definition) is 5. The van der Waals surface area contributed by atoms with E-state index in [0.29, 0.717) is 18.9 Å². The Kier molecular flexibility index (Phi) is 5.17. The number of ether oxygens (including phenoxy) is 1. The van der Waals surface area contributed by atoms with E-state index in [1.165, 1.54) is 11.1 Å². The molecule has 0 aliphatic carbocycles. The van der Waals surface area contributed by atoms with Crippen LogP contribution in [0, 0.1) is 0 Å². The number of benzene rings is 1. The van der Waals surface area contributed by atoms with Gasteiger partial charge in [0, 0.05) is 24.2 Å². The maximum Gasteiger partial charge on any atom is 0.175 e. The van der Waals surface area contributed by atoms with Crippen LogP contribution in [0.4, 0.5) is 0 Å². The highest BCUT2D eigenvalue weighted by molar-refractivity contribution is 7.90. The predicted molar refractivity (Wildman–Crippen MR) is 81.1 cm³/mol. The van der Waals surface area contributed by atoms with Crippen LogP contribution in [0.2, 0.25) is 0 Å². The Bertz CT molecular complexity index is 636. The number of rotatable bonds is 7. The quantitative estimate of drug-likeness (QED) is 0.797. The number of nitrogens with one attached hydrogen (secondary N) is 1. The highest BCUT2D eigenvalue weighted by Crippen LogP contribution is 2.17. The van der Waals surface area contributed by atoms with Crippen molar-refractivity contribution in [2.24, 2.45) is 0 Å². The molecule has 108 valence electrons. The molecule has 0 amide bonds. The molecule has 0 bridgehead atoms. The summed E-state index contributed by atoms with van der Waals surface area (Å²) in [4.78, 5) is 1.56. The van der Waals surface area contributed by atoms with Crippen LogP contribution in [-0.2, 0) is 16.4 Å². The van der Waals surface area contributed by atoms with Gasteiger partial charge in [0.05, 0.1) is 4.90 Å². The molecule has 6 heteroatoms. The monoisotopic (exact) mass is 311 g/mol. The smallest absolute Gasteiger partial charge is 0.175 e. The first kappa shape index (κ1) is 15.0. The molecule has 0 saturated carbocycles. The summed E-state index contributed by atoms with van der Waals surface area (Å²) in [5.74, 6) is 0.575. The summed E-state index contributed by atoms with van der Waals surface area (Å²) < 4.78 is 28.4. The first-order chi connectivity index (χ1) is 9.55. The fourth-order valence-corrected chi connectivity index (χ4v) is 2.99. The van der Waals surface area contributed by atoms with Crippen LogP contribution in [0.1, 0.15) is 4.88 Å². The van der Waals surface area contributed by atoms with Crippen LogP contribution in [0.3, 0.4) is 0 Å². The molecule has 1 heterocycles. The zero-order valence-corrected chi connectivity index (χ0v) is 12.8. The molecule has 0 unspecified atom stereocenters. The second-order valence-electron chi connectivity index (χ2n) is 4.35. The van der Waals surface area contributed by atoms with Gasteiger partial charge in [-0.2, -0.15) is 0 Å². The Hall–Kier alpha value is -1.37. The average molecular weight is 311 g/mol. The molecule has 0 saturated heterocycles. The average Bonchev–Trinajstić information content (AvgIpc) is 2.91. The Morgan fingerprint density at radius 3 is 2.80 bits per heavy atom. The molecular formula is C14H17NO3S2. The van der Waals surface area contributed by atoms with E-state index in [1.54, 1.807) is 35.6 Å². The molecule has 2 aromatic rings. The lowest BCUT2D eigenvalue weighted by Gasteiger charge is -2.08. The minimum atomic E-state index is -3.18. The molecule has 1 N–H and O–H groups in total.